The number of benzene rings is 2. The number of hydrogen-bond donors (Lipinski definition) is 0. The zero-order valence-electron chi connectivity index (χ0n) is 14.0. The van der Waals surface area contributed by atoms with Crippen molar-refractivity contribution in [3.05, 3.63) is 79.8 Å². The topological polar surface area (TPSA) is 86.5 Å². The Balaban J connectivity index is 2.20. The molecule has 2 aromatic carbocycles. The van der Waals surface area contributed by atoms with Gasteiger partial charge < -0.3 is 4.74 Å². The molecule has 0 amide bonds. The Hall–Kier alpha value is -2.54. The number of fused-ring (bicyclic) bond motifs is 1. The minimum Gasteiger partial charge on any atom is -0.468 e. The lowest BCUT2D eigenvalue weighted by Crippen LogP contribution is -2.46. The van der Waals surface area contributed by atoms with Crippen LogP contribution in [-0.4, -0.2) is 30.3 Å². The van der Waals surface area contributed by atoms with E-state index < -0.39 is 34.6 Å². The van der Waals surface area contributed by atoms with Gasteiger partial charge in [-0.05, 0) is 35.7 Å². The molecule has 3 rings (SSSR count). The van der Waals surface area contributed by atoms with Gasteiger partial charge in [-0.25, -0.2) is 0 Å². The van der Waals surface area contributed by atoms with Crippen molar-refractivity contribution in [3.8, 4) is 0 Å². The second kappa shape index (κ2) is 6.99. The molecule has 0 N–H and O–H groups in total. The van der Waals surface area contributed by atoms with Crippen LogP contribution in [-0.2, 0) is 16.0 Å². The zero-order valence-corrected chi connectivity index (χ0v) is 15.6. The summed E-state index contributed by atoms with van der Waals surface area (Å²) < 4.78 is 5.73. The van der Waals surface area contributed by atoms with Crippen LogP contribution in [0.1, 0.15) is 27.4 Å². The van der Waals surface area contributed by atoms with Crippen LogP contribution in [0.4, 0.5) is 0 Å². The largest absolute Gasteiger partial charge is 0.468 e. The molecular formula is C19H16BrNO5. The Kier molecular flexibility index (Phi) is 4.91. The quantitative estimate of drug-likeness (QED) is 0.322. The third-order valence-electron chi connectivity index (χ3n) is 4.86. The summed E-state index contributed by atoms with van der Waals surface area (Å²) in [4.78, 5) is 37.0. The summed E-state index contributed by atoms with van der Waals surface area (Å²) in [5, 5.41) is 11.4. The SMILES string of the molecule is COC(=O)[C@@]1([C@@H](C[N+](=O)[O-])c2ccccc2)Cc2cc(Br)ccc2C1=O. The van der Waals surface area contributed by atoms with Crippen LogP contribution in [0.3, 0.4) is 0 Å². The van der Waals surface area contributed by atoms with Crippen LogP contribution in [0.25, 0.3) is 0 Å². The molecule has 0 aliphatic heterocycles. The van der Waals surface area contributed by atoms with Gasteiger partial charge in [-0.2, -0.15) is 0 Å². The molecule has 0 bridgehead atoms. The first-order chi connectivity index (χ1) is 12.4. The fraction of sp³-hybridized carbons (Fsp3) is 0.263. The Morgan fingerprint density at radius 1 is 1.31 bits per heavy atom. The van der Waals surface area contributed by atoms with Crippen molar-refractivity contribution in [1.82, 2.24) is 0 Å². The number of nitro groups is 1. The lowest BCUT2D eigenvalue weighted by atomic mass is 9.69. The van der Waals surface area contributed by atoms with Gasteiger partial charge in [0.05, 0.1) is 13.0 Å². The van der Waals surface area contributed by atoms with E-state index in [1.807, 2.05) is 0 Å². The summed E-state index contributed by atoms with van der Waals surface area (Å²) in [7, 11) is 1.20. The van der Waals surface area contributed by atoms with Crippen molar-refractivity contribution in [2.45, 2.75) is 12.3 Å². The Bertz CT molecular complexity index is 883. The average molecular weight is 418 g/mol. The van der Waals surface area contributed by atoms with Crippen molar-refractivity contribution in [1.29, 1.82) is 0 Å². The number of carbonyl (C=O) groups excluding carboxylic acids is 2. The number of methoxy groups -OCH3 is 1. The summed E-state index contributed by atoms with van der Waals surface area (Å²) >= 11 is 3.36. The first kappa shape index (κ1) is 18.3. The van der Waals surface area contributed by atoms with Gasteiger partial charge in [0.2, 0.25) is 6.54 Å². The van der Waals surface area contributed by atoms with Crippen molar-refractivity contribution in [3.63, 3.8) is 0 Å². The van der Waals surface area contributed by atoms with Crippen molar-refractivity contribution >= 4 is 27.7 Å². The summed E-state index contributed by atoms with van der Waals surface area (Å²) in [6.45, 7) is -0.542. The first-order valence-electron chi connectivity index (χ1n) is 7.98. The molecule has 2 atom stereocenters. The third kappa shape index (κ3) is 2.92. The second-order valence-corrected chi connectivity index (χ2v) is 7.16. The van der Waals surface area contributed by atoms with E-state index in [0.29, 0.717) is 16.7 Å². The van der Waals surface area contributed by atoms with Gasteiger partial charge in [-0.1, -0.05) is 46.3 Å². The van der Waals surface area contributed by atoms with E-state index in [9.17, 15) is 19.7 Å². The molecule has 0 fully saturated rings. The van der Waals surface area contributed by atoms with Gasteiger partial charge in [-0.15, -0.1) is 0 Å². The minimum atomic E-state index is -1.65. The molecule has 0 unspecified atom stereocenters. The molecule has 0 saturated heterocycles. The molecule has 1 aliphatic rings. The normalized spacial score (nSPS) is 19.7. The molecule has 0 radical (unpaired) electrons. The zero-order chi connectivity index (χ0) is 18.9. The van der Waals surface area contributed by atoms with Crippen molar-refractivity contribution < 1.29 is 19.2 Å². The van der Waals surface area contributed by atoms with Gasteiger partial charge >= 0.3 is 5.97 Å². The number of hydrogen-bond acceptors (Lipinski definition) is 5. The average Bonchev–Trinajstić information content (AvgIpc) is 2.92. The molecule has 26 heavy (non-hydrogen) atoms. The Morgan fingerprint density at radius 2 is 2.00 bits per heavy atom. The Morgan fingerprint density at radius 3 is 2.62 bits per heavy atom. The van der Waals surface area contributed by atoms with E-state index in [-0.39, 0.29) is 6.42 Å². The summed E-state index contributed by atoms with van der Waals surface area (Å²) in [5.74, 6) is -2.10. The summed E-state index contributed by atoms with van der Waals surface area (Å²) in [6, 6.07) is 13.8. The predicted molar refractivity (Wildman–Crippen MR) is 97.7 cm³/mol. The van der Waals surface area contributed by atoms with Crippen LogP contribution in [0.15, 0.2) is 53.0 Å². The third-order valence-corrected chi connectivity index (χ3v) is 5.36. The highest BCUT2D eigenvalue weighted by atomic mass is 79.9. The maximum atomic E-state index is 13.3. The van der Waals surface area contributed by atoms with Gasteiger partial charge in [0.25, 0.3) is 0 Å². The molecule has 0 spiro atoms. The van der Waals surface area contributed by atoms with Gasteiger partial charge in [0.1, 0.15) is 5.41 Å². The monoisotopic (exact) mass is 417 g/mol. The standard InChI is InChI=1S/C19H16BrNO5/c1-26-18(23)19(10-13-9-14(20)7-8-15(13)17(19)22)16(11-21(24)25)12-5-3-2-4-6-12/h2-9,16H,10-11H2,1H3/t16-,19+/m0/s1. The molecule has 6 nitrogen and oxygen atoms in total. The van der Waals surface area contributed by atoms with Crippen molar-refractivity contribution in [2.24, 2.45) is 5.41 Å². The molecule has 0 heterocycles. The van der Waals surface area contributed by atoms with E-state index in [4.69, 9.17) is 4.74 Å². The fourth-order valence-corrected chi connectivity index (χ4v) is 4.11. The number of ether oxygens (including phenoxy) is 1. The number of rotatable bonds is 5. The molecule has 1 aliphatic carbocycles. The van der Waals surface area contributed by atoms with Crippen LogP contribution in [0.5, 0.6) is 0 Å². The van der Waals surface area contributed by atoms with Crippen LogP contribution >= 0.6 is 15.9 Å². The lowest BCUT2D eigenvalue weighted by Gasteiger charge is -2.31. The predicted octanol–water partition coefficient (Wildman–Crippen LogP) is 3.41. The number of carbonyl (C=O) groups is 2. The highest BCUT2D eigenvalue weighted by Crippen LogP contribution is 2.48. The van der Waals surface area contributed by atoms with E-state index in [1.54, 1.807) is 48.5 Å². The van der Waals surface area contributed by atoms with Crippen LogP contribution in [0.2, 0.25) is 0 Å². The van der Waals surface area contributed by atoms with Gasteiger partial charge in [-0.3, -0.25) is 19.7 Å². The maximum Gasteiger partial charge on any atom is 0.320 e. The lowest BCUT2D eigenvalue weighted by molar-refractivity contribution is -0.485. The number of ketones is 1. The molecule has 0 saturated carbocycles. The number of nitrogens with zero attached hydrogens (tertiary/aromatic N) is 1. The molecule has 2 aromatic rings. The van der Waals surface area contributed by atoms with E-state index >= 15 is 0 Å². The summed E-state index contributed by atoms with van der Waals surface area (Å²) in [5.41, 5.74) is 0.00325. The molecule has 134 valence electrons. The van der Waals surface area contributed by atoms with E-state index in [2.05, 4.69) is 15.9 Å². The highest BCUT2D eigenvalue weighted by Gasteiger charge is 2.59. The number of esters is 1. The van der Waals surface area contributed by atoms with Crippen molar-refractivity contribution in [2.75, 3.05) is 13.7 Å². The number of halogens is 1. The maximum absolute atomic E-state index is 13.3. The molecular weight excluding hydrogens is 402 g/mol. The van der Waals surface area contributed by atoms with Crippen LogP contribution in [0, 0.1) is 15.5 Å². The second-order valence-electron chi connectivity index (χ2n) is 6.25. The summed E-state index contributed by atoms with van der Waals surface area (Å²) in [6.07, 6.45) is 0.0701. The van der Waals surface area contributed by atoms with Gasteiger partial charge in [0.15, 0.2) is 5.78 Å². The first-order valence-corrected chi connectivity index (χ1v) is 8.78. The minimum absolute atomic E-state index is 0.0701. The van der Waals surface area contributed by atoms with Crippen LogP contribution < -0.4 is 0 Å². The molecule has 0 aromatic heterocycles. The van der Waals surface area contributed by atoms with E-state index in [1.165, 1.54) is 7.11 Å². The van der Waals surface area contributed by atoms with E-state index in [0.717, 1.165) is 4.47 Å². The molecule has 7 heteroatoms. The highest BCUT2D eigenvalue weighted by molar-refractivity contribution is 9.10. The van der Waals surface area contributed by atoms with Gasteiger partial charge in [0, 0.05) is 15.0 Å². The fourth-order valence-electron chi connectivity index (χ4n) is 3.70. The number of Topliss-reactive ketones (excluding diaryl/α,β-unsaturated/α-hetero) is 1. The Labute approximate surface area is 158 Å². The smallest absolute Gasteiger partial charge is 0.320 e.